The topological polar surface area (TPSA) is 67.2 Å². The van der Waals surface area contributed by atoms with E-state index >= 15 is 0 Å². The Bertz CT molecular complexity index is 938. The third-order valence-corrected chi connectivity index (χ3v) is 7.79. The molecule has 3 rings (SSSR count). The minimum Gasteiger partial charge on any atom is -0.380 e. The van der Waals surface area contributed by atoms with Crippen molar-refractivity contribution in [1.29, 1.82) is 5.26 Å². The van der Waals surface area contributed by atoms with E-state index in [0.29, 0.717) is 11.6 Å². The van der Waals surface area contributed by atoms with Crippen LogP contribution in [0.4, 0.5) is 0 Å². The van der Waals surface area contributed by atoms with Crippen LogP contribution >= 0.6 is 27.5 Å². The lowest BCUT2D eigenvalue weighted by molar-refractivity contribution is 0.117. The fraction of sp³-hybridized carbons (Fsp3) is 0.316. The monoisotopic (exact) mass is 453 g/mol. The molecule has 1 aliphatic carbocycles. The van der Waals surface area contributed by atoms with Gasteiger partial charge >= 0.3 is 0 Å². The van der Waals surface area contributed by atoms with Gasteiger partial charge in [0.1, 0.15) is 5.41 Å². The Kier molecular flexibility index (Phi) is 5.45. The lowest BCUT2D eigenvalue weighted by Gasteiger charge is -2.10. The third kappa shape index (κ3) is 3.29. The smallest absolute Gasteiger partial charge is 0.183 e. The zero-order valence-corrected chi connectivity index (χ0v) is 17.2. The largest absolute Gasteiger partial charge is 0.380 e. The zero-order valence-electron chi connectivity index (χ0n) is 14.0. The molecule has 3 atom stereocenters. The normalized spacial score (nSPS) is 24.8. The number of hydrogen-bond acceptors (Lipinski definition) is 4. The standard InChI is InChI=1S/C19H17BrClNO3S/c1-2-25-12-19(11-22)17(13-3-5-14(20)6-4-13)18(19)26(23,24)16-9-7-15(21)8-10-16/h3-10,17-18H,2,12H2,1H3. The molecule has 0 N–H and O–H groups in total. The van der Waals surface area contributed by atoms with Gasteiger partial charge in [-0.15, -0.1) is 0 Å². The van der Waals surface area contributed by atoms with E-state index in [1.54, 1.807) is 12.1 Å². The van der Waals surface area contributed by atoms with Gasteiger partial charge in [-0.05, 0) is 48.9 Å². The average molecular weight is 455 g/mol. The molecule has 0 amide bonds. The first kappa shape index (κ1) is 19.4. The van der Waals surface area contributed by atoms with Gasteiger partial charge in [-0.2, -0.15) is 5.26 Å². The summed E-state index contributed by atoms with van der Waals surface area (Å²) in [7, 11) is -3.71. The summed E-state index contributed by atoms with van der Waals surface area (Å²) in [5, 5.41) is 9.48. The first-order valence-electron chi connectivity index (χ1n) is 8.10. The average Bonchev–Trinajstić information content (AvgIpc) is 3.31. The van der Waals surface area contributed by atoms with Crippen LogP contribution in [0.3, 0.4) is 0 Å². The lowest BCUT2D eigenvalue weighted by atomic mass is 10.0. The summed E-state index contributed by atoms with van der Waals surface area (Å²) in [5.41, 5.74) is -0.278. The van der Waals surface area contributed by atoms with Gasteiger partial charge in [-0.3, -0.25) is 0 Å². The molecule has 7 heteroatoms. The van der Waals surface area contributed by atoms with Crippen LogP contribution in [0, 0.1) is 16.7 Å². The van der Waals surface area contributed by atoms with Crippen LogP contribution in [0.1, 0.15) is 18.4 Å². The lowest BCUT2D eigenvalue weighted by Crippen LogP contribution is -2.19. The van der Waals surface area contributed by atoms with Crippen LogP contribution in [-0.4, -0.2) is 26.9 Å². The zero-order chi connectivity index (χ0) is 18.9. The summed E-state index contributed by atoms with van der Waals surface area (Å²) in [6.07, 6.45) is 0. The van der Waals surface area contributed by atoms with Crippen LogP contribution in [0.5, 0.6) is 0 Å². The highest BCUT2D eigenvalue weighted by molar-refractivity contribution is 9.10. The van der Waals surface area contributed by atoms with Gasteiger partial charge in [0.15, 0.2) is 9.84 Å². The molecule has 0 radical (unpaired) electrons. The second kappa shape index (κ2) is 7.32. The van der Waals surface area contributed by atoms with Crippen molar-refractivity contribution in [3.63, 3.8) is 0 Å². The van der Waals surface area contributed by atoms with Gasteiger partial charge < -0.3 is 4.74 Å². The highest BCUT2D eigenvalue weighted by Gasteiger charge is 2.72. The van der Waals surface area contributed by atoms with E-state index in [9.17, 15) is 13.7 Å². The minimum absolute atomic E-state index is 0.0816. The molecule has 1 saturated carbocycles. The maximum absolute atomic E-state index is 13.2. The number of ether oxygens (including phenoxy) is 1. The Morgan fingerprint density at radius 3 is 2.35 bits per heavy atom. The summed E-state index contributed by atoms with van der Waals surface area (Å²) in [5.74, 6) is -0.437. The fourth-order valence-electron chi connectivity index (χ4n) is 3.38. The van der Waals surface area contributed by atoms with Crippen LogP contribution in [0.25, 0.3) is 0 Å². The van der Waals surface area contributed by atoms with Crippen LogP contribution in [0.2, 0.25) is 5.02 Å². The number of benzene rings is 2. The van der Waals surface area contributed by atoms with E-state index in [2.05, 4.69) is 22.0 Å². The van der Waals surface area contributed by atoms with E-state index in [4.69, 9.17) is 16.3 Å². The van der Waals surface area contributed by atoms with E-state index in [-0.39, 0.29) is 11.5 Å². The van der Waals surface area contributed by atoms with E-state index in [1.165, 1.54) is 12.1 Å². The molecule has 26 heavy (non-hydrogen) atoms. The molecule has 0 saturated heterocycles. The quantitative estimate of drug-likeness (QED) is 0.640. The Balaban J connectivity index is 2.05. The maximum Gasteiger partial charge on any atom is 0.183 e. The number of nitrogens with zero attached hydrogens (tertiary/aromatic N) is 1. The van der Waals surface area contributed by atoms with Crippen molar-refractivity contribution in [2.24, 2.45) is 5.41 Å². The molecule has 4 nitrogen and oxygen atoms in total. The van der Waals surface area contributed by atoms with E-state index in [1.807, 2.05) is 31.2 Å². The Morgan fingerprint density at radius 2 is 1.81 bits per heavy atom. The molecule has 0 spiro atoms. The summed E-state index contributed by atoms with van der Waals surface area (Å²) < 4.78 is 32.9. The first-order valence-corrected chi connectivity index (χ1v) is 10.8. The second-order valence-corrected chi connectivity index (χ2v) is 9.66. The third-order valence-electron chi connectivity index (χ3n) is 4.72. The highest BCUT2D eigenvalue weighted by atomic mass is 79.9. The number of sulfone groups is 1. The molecule has 1 aliphatic rings. The van der Waals surface area contributed by atoms with Crippen molar-refractivity contribution in [2.45, 2.75) is 23.0 Å². The first-order chi connectivity index (χ1) is 12.4. The van der Waals surface area contributed by atoms with Crippen molar-refractivity contribution in [2.75, 3.05) is 13.2 Å². The van der Waals surface area contributed by atoms with E-state index < -0.39 is 26.4 Å². The second-order valence-electron chi connectivity index (χ2n) is 6.24. The maximum atomic E-state index is 13.2. The molecule has 0 heterocycles. The molecule has 2 aromatic carbocycles. The van der Waals surface area contributed by atoms with Crippen LogP contribution in [0.15, 0.2) is 57.9 Å². The van der Waals surface area contributed by atoms with E-state index in [0.717, 1.165) is 10.0 Å². The highest BCUT2D eigenvalue weighted by Crippen LogP contribution is 2.64. The number of nitriles is 1. The van der Waals surface area contributed by atoms with Crippen LogP contribution in [-0.2, 0) is 14.6 Å². The summed E-state index contributed by atoms with van der Waals surface area (Å²) >= 11 is 9.26. The van der Waals surface area contributed by atoms with Crippen molar-refractivity contribution < 1.29 is 13.2 Å². The van der Waals surface area contributed by atoms with Crippen LogP contribution < -0.4 is 0 Å². The number of halogens is 2. The molecule has 2 aromatic rings. The molecule has 136 valence electrons. The summed E-state index contributed by atoms with van der Waals surface area (Å²) in [6, 6.07) is 15.7. The van der Waals surface area contributed by atoms with Crippen molar-refractivity contribution >= 4 is 37.4 Å². The van der Waals surface area contributed by atoms with Gasteiger partial charge in [0.05, 0.1) is 22.8 Å². The van der Waals surface area contributed by atoms with Crippen molar-refractivity contribution in [3.05, 3.63) is 63.6 Å². The van der Waals surface area contributed by atoms with Gasteiger partial charge in [0, 0.05) is 22.0 Å². The molecule has 0 bridgehead atoms. The van der Waals surface area contributed by atoms with Gasteiger partial charge in [0.25, 0.3) is 0 Å². The Hall–Kier alpha value is -1.39. The molecule has 1 fully saturated rings. The summed E-state index contributed by atoms with van der Waals surface area (Å²) in [4.78, 5) is 0.169. The Labute approximate surface area is 166 Å². The Morgan fingerprint density at radius 1 is 1.19 bits per heavy atom. The van der Waals surface area contributed by atoms with Gasteiger partial charge in [-0.1, -0.05) is 39.7 Å². The number of rotatable bonds is 6. The molecule has 0 aliphatic heterocycles. The molecule has 0 aromatic heterocycles. The van der Waals surface area contributed by atoms with Gasteiger partial charge in [-0.25, -0.2) is 8.42 Å². The predicted octanol–water partition coefficient (Wildman–Crippen LogP) is 4.59. The van der Waals surface area contributed by atoms with Gasteiger partial charge in [0.2, 0.25) is 0 Å². The fourth-order valence-corrected chi connectivity index (χ4v) is 6.08. The number of hydrogen-bond donors (Lipinski definition) is 0. The van der Waals surface area contributed by atoms with Crippen molar-refractivity contribution in [3.8, 4) is 6.07 Å². The molecular weight excluding hydrogens is 438 g/mol. The minimum atomic E-state index is -3.71. The predicted molar refractivity (Wildman–Crippen MR) is 104 cm³/mol. The SMILES string of the molecule is CCOCC1(C#N)C(c2ccc(Br)cc2)C1S(=O)(=O)c1ccc(Cl)cc1. The molecular formula is C19H17BrClNO3S. The summed E-state index contributed by atoms with van der Waals surface area (Å²) in [6.45, 7) is 2.33. The van der Waals surface area contributed by atoms with Crippen molar-refractivity contribution in [1.82, 2.24) is 0 Å². The molecule has 3 unspecified atom stereocenters.